The highest BCUT2D eigenvalue weighted by atomic mass is 32.2. The molecule has 2 saturated carbocycles. The molecular weight excluding hydrogens is 630 g/mol. The van der Waals surface area contributed by atoms with Crippen molar-refractivity contribution < 1.29 is 32.0 Å². The molecule has 0 spiro atoms. The Morgan fingerprint density at radius 2 is 1.92 bits per heavy atom. The summed E-state index contributed by atoms with van der Waals surface area (Å²) in [5.41, 5.74) is 2.25. The van der Waals surface area contributed by atoms with Crippen LogP contribution in [0, 0.1) is 24.2 Å². The van der Waals surface area contributed by atoms with Crippen LogP contribution in [-0.4, -0.2) is 59.8 Å². The average molecular weight is 674 g/mol. The summed E-state index contributed by atoms with van der Waals surface area (Å²) < 4.78 is 39.9. The highest BCUT2D eigenvalue weighted by molar-refractivity contribution is 7.90. The third-order valence-corrected chi connectivity index (χ3v) is 12.3. The number of oxazole rings is 1. The summed E-state index contributed by atoms with van der Waals surface area (Å²) >= 11 is 0. The number of ketones is 1. The number of ether oxygens (including phenoxy) is 1. The molecule has 254 valence electrons. The molecule has 2 aliphatic carbocycles. The highest BCUT2D eigenvalue weighted by Crippen LogP contribution is 2.57. The maximum Gasteiger partial charge on any atom is 0.394 e. The predicted molar refractivity (Wildman–Crippen MR) is 179 cm³/mol. The van der Waals surface area contributed by atoms with Crippen molar-refractivity contribution in [3.05, 3.63) is 71.8 Å². The molecule has 3 heterocycles. The van der Waals surface area contributed by atoms with Crippen LogP contribution in [0.15, 0.2) is 65.1 Å². The summed E-state index contributed by atoms with van der Waals surface area (Å²) in [6, 6.07) is 14.7. The van der Waals surface area contributed by atoms with Gasteiger partial charge in [0, 0.05) is 18.8 Å². The lowest BCUT2D eigenvalue weighted by atomic mass is 9.89. The third-order valence-electron chi connectivity index (χ3n) is 10.4. The molecule has 11 heteroatoms. The Hall–Kier alpha value is -3.99. The molecule has 1 N–H and O–H groups in total. The van der Waals surface area contributed by atoms with Crippen molar-refractivity contribution in [2.45, 2.75) is 94.9 Å². The van der Waals surface area contributed by atoms with E-state index in [1.165, 1.54) is 0 Å². The van der Waals surface area contributed by atoms with Crippen molar-refractivity contribution in [2.24, 2.45) is 17.3 Å². The number of hydrogen-bond acceptors (Lipinski definition) is 8. The van der Waals surface area contributed by atoms with E-state index in [2.05, 4.69) is 21.8 Å². The lowest BCUT2D eigenvalue weighted by molar-refractivity contribution is -0.142. The first kappa shape index (κ1) is 32.6. The Balaban J connectivity index is 1.18. The number of aromatic nitrogens is 1. The Morgan fingerprint density at radius 1 is 1.08 bits per heavy atom. The number of amides is 2. The fourth-order valence-electron chi connectivity index (χ4n) is 7.49. The number of nitrogens with one attached hydrogen (secondary N) is 1. The number of hydrogen-bond donors (Lipinski definition) is 1. The van der Waals surface area contributed by atoms with Crippen LogP contribution in [0.25, 0.3) is 11.1 Å². The molecule has 2 aromatic carbocycles. The largest absolute Gasteiger partial charge is 0.445 e. The molecule has 5 atom stereocenters. The topological polar surface area (TPSA) is 136 Å². The van der Waals surface area contributed by atoms with Gasteiger partial charge in [-0.3, -0.25) is 19.1 Å². The van der Waals surface area contributed by atoms with Gasteiger partial charge in [-0.2, -0.15) is 4.98 Å². The molecule has 10 nitrogen and oxygen atoms in total. The monoisotopic (exact) mass is 673 g/mol. The molecule has 3 fully saturated rings. The maximum absolute atomic E-state index is 14.5. The highest BCUT2D eigenvalue weighted by Gasteiger charge is 2.61. The summed E-state index contributed by atoms with van der Waals surface area (Å²) in [7, 11) is -3.79. The number of carbonyl (C=O) groups is 3. The summed E-state index contributed by atoms with van der Waals surface area (Å²) in [6.07, 6.45) is 9.92. The van der Waals surface area contributed by atoms with Crippen LogP contribution in [0.5, 0.6) is 6.08 Å². The van der Waals surface area contributed by atoms with Gasteiger partial charge in [0.15, 0.2) is 11.4 Å². The van der Waals surface area contributed by atoms with Gasteiger partial charge in [-0.15, -0.1) is 0 Å². The Kier molecular flexibility index (Phi) is 8.91. The predicted octanol–water partition coefficient (Wildman–Crippen LogP) is 5.44. The molecule has 1 aromatic heterocycles. The van der Waals surface area contributed by atoms with Gasteiger partial charge in [0.05, 0.1) is 23.3 Å². The van der Waals surface area contributed by atoms with Crippen molar-refractivity contribution in [3.8, 4) is 6.08 Å². The normalized spacial score (nSPS) is 29.0. The minimum absolute atomic E-state index is 0.0775. The van der Waals surface area contributed by atoms with Gasteiger partial charge >= 0.3 is 6.08 Å². The average Bonchev–Trinajstić information content (AvgIpc) is 3.94. The minimum atomic E-state index is -3.79. The minimum Gasteiger partial charge on any atom is -0.445 e. The molecule has 7 rings (SSSR count). The van der Waals surface area contributed by atoms with E-state index in [0.29, 0.717) is 43.2 Å². The van der Waals surface area contributed by atoms with E-state index in [1.54, 1.807) is 11.0 Å². The van der Waals surface area contributed by atoms with Gasteiger partial charge in [-0.1, -0.05) is 67.0 Å². The first-order valence-electron chi connectivity index (χ1n) is 17.2. The number of carbonyl (C=O) groups excluding carboxylic acids is 3. The molecule has 2 aliphatic heterocycles. The Morgan fingerprint density at radius 3 is 2.71 bits per heavy atom. The van der Waals surface area contributed by atoms with E-state index in [0.717, 1.165) is 36.8 Å². The zero-order chi connectivity index (χ0) is 33.5. The SMILES string of the molecule is Cc1cccc(C[C@H]2CCCCC/C=C\[C@@H]3C[C@@]3(C(=O)NS(=O)(=O)C3CC3)CC(=O)[C@@H]3C[C@@H](Oc4nc5ccccc5o4)CN3C2=O)c1. The lowest BCUT2D eigenvalue weighted by Gasteiger charge is -2.29. The van der Waals surface area contributed by atoms with Gasteiger partial charge in [-0.05, 0) is 75.5 Å². The molecule has 4 aliphatic rings. The zero-order valence-corrected chi connectivity index (χ0v) is 28.1. The van der Waals surface area contributed by atoms with Gasteiger partial charge < -0.3 is 14.1 Å². The van der Waals surface area contributed by atoms with E-state index in [1.807, 2.05) is 49.4 Å². The molecule has 0 bridgehead atoms. The van der Waals surface area contributed by atoms with E-state index in [4.69, 9.17) is 9.15 Å². The quantitative estimate of drug-likeness (QED) is 0.328. The molecular formula is C37H43N3O7S. The van der Waals surface area contributed by atoms with Gasteiger partial charge in [0.25, 0.3) is 0 Å². The van der Waals surface area contributed by atoms with Crippen LogP contribution >= 0.6 is 0 Å². The number of allylic oxidation sites excluding steroid dienone is 2. The number of Topliss-reactive ketones (excluding diaryl/α,β-unsaturated/α-hetero) is 1. The number of benzene rings is 2. The molecule has 0 radical (unpaired) electrons. The fraction of sp³-hybridized carbons (Fsp3) is 0.514. The van der Waals surface area contributed by atoms with Crippen molar-refractivity contribution in [1.29, 1.82) is 0 Å². The van der Waals surface area contributed by atoms with Crippen LogP contribution < -0.4 is 9.46 Å². The van der Waals surface area contributed by atoms with Crippen molar-refractivity contribution in [1.82, 2.24) is 14.6 Å². The van der Waals surface area contributed by atoms with Crippen LogP contribution in [0.4, 0.5) is 0 Å². The first-order chi connectivity index (χ1) is 23.1. The van der Waals surface area contributed by atoms with Crippen molar-refractivity contribution >= 4 is 38.7 Å². The van der Waals surface area contributed by atoms with Gasteiger partial charge in [-0.25, -0.2) is 8.42 Å². The maximum atomic E-state index is 14.5. The Bertz CT molecular complexity index is 1810. The summed E-state index contributed by atoms with van der Waals surface area (Å²) in [5.74, 6) is -1.55. The van der Waals surface area contributed by atoms with E-state index >= 15 is 0 Å². The van der Waals surface area contributed by atoms with Crippen LogP contribution in [0.2, 0.25) is 0 Å². The summed E-state index contributed by atoms with van der Waals surface area (Å²) in [5, 5.41) is -0.554. The number of fused-ring (bicyclic) bond motifs is 3. The van der Waals surface area contributed by atoms with E-state index in [-0.39, 0.29) is 49.0 Å². The summed E-state index contributed by atoms with van der Waals surface area (Å²) in [4.78, 5) is 48.6. The molecule has 1 saturated heterocycles. The summed E-state index contributed by atoms with van der Waals surface area (Å²) in [6.45, 7) is 2.21. The number of rotatable bonds is 7. The van der Waals surface area contributed by atoms with Crippen molar-refractivity contribution in [2.75, 3.05) is 6.54 Å². The third kappa shape index (κ3) is 6.92. The molecule has 48 heavy (non-hydrogen) atoms. The Labute approximate surface area is 281 Å². The van der Waals surface area contributed by atoms with Crippen LogP contribution in [0.1, 0.15) is 75.3 Å². The molecule has 2 amide bonds. The number of sulfonamides is 1. The second kappa shape index (κ2) is 13.1. The van der Waals surface area contributed by atoms with Crippen LogP contribution in [0.3, 0.4) is 0 Å². The number of nitrogens with zero attached hydrogens (tertiary/aromatic N) is 2. The van der Waals surface area contributed by atoms with E-state index in [9.17, 15) is 22.8 Å². The van der Waals surface area contributed by atoms with Gasteiger partial charge in [0.2, 0.25) is 21.8 Å². The van der Waals surface area contributed by atoms with E-state index < -0.39 is 38.7 Å². The standard InChI is InChI=1S/C37H43N3O7S/c1-24-10-9-11-25(18-24)19-26-12-5-3-2-4-6-13-27-21-37(27,35(43)39-48(44,45)29-16-17-29)22-32(41)31-20-28(23-40(31)34(26)42)46-36-38-30-14-7-8-15-33(30)47-36/h6-11,13-15,18,26-29,31H,2-5,12,16-17,19-23H2,1H3,(H,39,43)/b13-6-/t26-,27-,28-,31+,37-/m1/s1. The van der Waals surface area contributed by atoms with Gasteiger partial charge in [0.1, 0.15) is 11.6 Å². The van der Waals surface area contributed by atoms with Crippen molar-refractivity contribution in [3.63, 3.8) is 0 Å². The lowest BCUT2D eigenvalue weighted by Crippen LogP contribution is -2.46. The second-order valence-electron chi connectivity index (χ2n) is 14.2. The smallest absolute Gasteiger partial charge is 0.394 e. The first-order valence-corrected chi connectivity index (χ1v) is 18.8. The second-order valence-corrected chi connectivity index (χ2v) is 16.1. The number of aryl methyl sites for hydroxylation is 1. The zero-order valence-electron chi connectivity index (χ0n) is 27.3. The fourth-order valence-corrected chi connectivity index (χ4v) is 8.87. The molecule has 3 aromatic rings. The van der Waals surface area contributed by atoms with Crippen LogP contribution in [-0.2, 0) is 30.8 Å². The molecule has 0 unspecified atom stereocenters. The number of para-hydroxylation sites is 2.